The van der Waals surface area contributed by atoms with Crippen LogP contribution in [0.2, 0.25) is 0 Å². The van der Waals surface area contributed by atoms with Crippen LogP contribution in [0.5, 0.6) is 0 Å². The highest BCUT2D eigenvalue weighted by Gasteiger charge is 2.13. The molecule has 0 unspecified atom stereocenters. The van der Waals surface area contributed by atoms with Crippen LogP contribution in [0.25, 0.3) is 0 Å². The minimum Gasteiger partial charge on any atom is -0.480 e. The van der Waals surface area contributed by atoms with Crippen LogP contribution < -0.4 is 5.32 Å². The minimum atomic E-state index is -1.18. The molecule has 0 aliphatic carbocycles. The van der Waals surface area contributed by atoms with Crippen molar-refractivity contribution >= 4 is 17.6 Å². The number of rotatable bonds is 4. The molecule has 0 spiro atoms. The molecule has 1 rings (SSSR count). The second kappa shape index (κ2) is 5.06. The second-order valence-corrected chi connectivity index (χ2v) is 3.39. The van der Waals surface area contributed by atoms with E-state index in [9.17, 15) is 19.7 Å². The Bertz CT molecular complexity index is 484. The molecule has 0 aromatic heterocycles. The monoisotopic (exact) mass is 238 g/mol. The van der Waals surface area contributed by atoms with Gasteiger partial charge >= 0.3 is 5.97 Å². The Morgan fingerprint density at radius 2 is 2.06 bits per heavy atom. The van der Waals surface area contributed by atoms with Crippen LogP contribution in [0.15, 0.2) is 18.2 Å². The first-order valence-corrected chi connectivity index (χ1v) is 4.66. The number of nitro benzene ring substituents is 1. The molecule has 0 saturated heterocycles. The number of amides is 1. The maximum atomic E-state index is 11.5. The summed E-state index contributed by atoms with van der Waals surface area (Å²) >= 11 is 0. The van der Waals surface area contributed by atoms with E-state index in [2.05, 4.69) is 5.32 Å². The number of hydrogen-bond acceptors (Lipinski definition) is 4. The van der Waals surface area contributed by atoms with Crippen molar-refractivity contribution in [3.8, 4) is 0 Å². The number of carboxylic acids is 1. The molecule has 1 aromatic carbocycles. The Labute approximate surface area is 96.2 Å². The van der Waals surface area contributed by atoms with Crippen LogP contribution in [0.4, 0.5) is 5.69 Å². The Morgan fingerprint density at radius 1 is 1.41 bits per heavy atom. The van der Waals surface area contributed by atoms with Crippen LogP contribution in [-0.4, -0.2) is 28.5 Å². The molecule has 0 heterocycles. The van der Waals surface area contributed by atoms with Gasteiger partial charge in [-0.05, 0) is 18.6 Å². The molecule has 0 atom stereocenters. The second-order valence-electron chi connectivity index (χ2n) is 3.39. The fourth-order valence-electron chi connectivity index (χ4n) is 1.26. The summed E-state index contributed by atoms with van der Waals surface area (Å²) in [7, 11) is 0. The van der Waals surface area contributed by atoms with Gasteiger partial charge in [-0.2, -0.15) is 0 Å². The van der Waals surface area contributed by atoms with E-state index in [0.29, 0.717) is 5.56 Å². The fraction of sp³-hybridized carbons (Fsp3) is 0.200. The SMILES string of the molecule is Cc1cc(C(=O)NCC(=O)O)cc([N+](=O)[O-])c1. The number of nitrogens with zero attached hydrogens (tertiary/aromatic N) is 1. The number of carbonyl (C=O) groups excluding carboxylic acids is 1. The predicted octanol–water partition coefficient (Wildman–Crippen LogP) is 0.718. The van der Waals surface area contributed by atoms with Crippen molar-refractivity contribution in [3.63, 3.8) is 0 Å². The summed E-state index contributed by atoms with van der Waals surface area (Å²) < 4.78 is 0. The van der Waals surface area contributed by atoms with Gasteiger partial charge in [-0.3, -0.25) is 19.7 Å². The molecule has 0 radical (unpaired) electrons. The molecular weight excluding hydrogens is 228 g/mol. The fourth-order valence-corrected chi connectivity index (χ4v) is 1.26. The molecular formula is C10H10N2O5. The summed E-state index contributed by atoms with van der Waals surface area (Å²) in [5, 5.41) is 21.1. The largest absolute Gasteiger partial charge is 0.480 e. The van der Waals surface area contributed by atoms with Gasteiger partial charge in [0.25, 0.3) is 11.6 Å². The normalized spacial score (nSPS) is 9.71. The molecule has 17 heavy (non-hydrogen) atoms. The number of nitro groups is 1. The van der Waals surface area contributed by atoms with E-state index in [0.717, 1.165) is 6.07 Å². The summed E-state index contributed by atoms with van der Waals surface area (Å²) in [5.74, 6) is -1.83. The van der Waals surface area contributed by atoms with Crippen LogP contribution in [0.1, 0.15) is 15.9 Å². The molecule has 0 saturated carbocycles. The summed E-state index contributed by atoms with van der Waals surface area (Å²) in [6, 6.07) is 3.88. The molecule has 0 fully saturated rings. The van der Waals surface area contributed by atoms with Crippen LogP contribution in [0.3, 0.4) is 0 Å². The number of hydrogen-bond donors (Lipinski definition) is 2. The summed E-state index contributed by atoms with van der Waals surface area (Å²) in [5.41, 5.74) is 0.420. The Balaban J connectivity index is 2.93. The molecule has 0 bridgehead atoms. The molecule has 2 N–H and O–H groups in total. The third kappa shape index (κ3) is 3.56. The number of benzene rings is 1. The zero-order chi connectivity index (χ0) is 13.0. The van der Waals surface area contributed by atoms with Crippen molar-refractivity contribution in [2.24, 2.45) is 0 Å². The van der Waals surface area contributed by atoms with Crippen molar-refractivity contribution in [2.45, 2.75) is 6.92 Å². The number of carboxylic acid groups (broad SMARTS) is 1. The lowest BCUT2D eigenvalue weighted by Gasteiger charge is -2.03. The van der Waals surface area contributed by atoms with Crippen LogP contribution in [0, 0.1) is 17.0 Å². The molecule has 0 aliphatic rings. The first kappa shape index (κ1) is 12.6. The van der Waals surface area contributed by atoms with Gasteiger partial charge in [-0.1, -0.05) is 0 Å². The van der Waals surface area contributed by atoms with Gasteiger partial charge < -0.3 is 10.4 Å². The summed E-state index contributed by atoms with van der Waals surface area (Å²) in [6.45, 7) is 1.08. The van der Waals surface area contributed by atoms with E-state index in [1.54, 1.807) is 6.92 Å². The summed E-state index contributed by atoms with van der Waals surface area (Å²) in [4.78, 5) is 31.7. The van der Waals surface area contributed by atoms with Gasteiger partial charge in [0.2, 0.25) is 0 Å². The van der Waals surface area contributed by atoms with E-state index < -0.39 is 23.3 Å². The number of carbonyl (C=O) groups is 2. The highest BCUT2D eigenvalue weighted by molar-refractivity contribution is 5.96. The zero-order valence-corrected chi connectivity index (χ0v) is 8.97. The topological polar surface area (TPSA) is 110 Å². The smallest absolute Gasteiger partial charge is 0.322 e. The molecule has 1 amide bonds. The lowest BCUT2D eigenvalue weighted by atomic mass is 10.1. The van der Waals surface area contributed by atoms with Gasteiger partial charge in [0.05, 0.1) is 4.92 Å². The Morgan fingerprint density at radius 3 is 2.59 bits per heavy atom. The van der Waals surface area contributed by atoms with Gasteiger partial charge in [-0.15, -0.1) is 0 Å². The first-order chi connectivity index (χ1) is 7.90. The van der Waals surface area contributed by atoms with E-state index in [-0.39, 0.29) is 11.3 Å². The zero-order valence-electron chi connectivity index (χ0n) is 8.97. The minimum absolute atomic E-state index is 0.0675. The number of non-ortho nitro benzene ring substituents is 1. The maximum absolute atomic E-state index is 11.5. The van der Waals surface area contributed by atoms with Gasteiger partial charge in [0.1, 0.15) is 6.54 Å². The van der Waals surface area contributed by atoms with E-state index >= 15 is 0 Å². The van der Waals surface area contributed by atoms with Crippen LogP contribution >= 0.6 is 0 Å². The van der Waals surface area contributed by atoms with Crippen molar-refractivity contribution < 1.29 is 19.6 Å². The molecule has 0 aliphatic heterocycles. The third-order valence-electron chi connectivity index (χ3n) is 1.94. The van der Waals surface area contributed by atoms with Crippen molar-refractivity contribution in [1.29, 1.82) is 0 Å². The molecule has 90 valence electrons. The van der Waals surface area contributed by atoms with E-state index in [4.69, 9.17) is 5.11 Å². The predicted molar refractivity (Wildman–Crippen MR) is 57.8 cm³/mol. The first-order valence-electron chi connectivity index (χ1n) is 4.66. The highest BCUT2D eigenvalue weighted by atomic mass is 16.6. The van der Waals surface area contributed by atoms with Gasteiger partial charge in [0, 0.05) is 17.7 Å². The number of aryl methyl sites for hydroxylation is 1. The molecule has 7 nitrogen and oxygen atoms in total. The highest BCUT2D eigenvalue weighted by Crippen LogP contribution is 2.16. The number of nitrogens with one attached hydrogen (secondary N) is 1. The van der Waals surface area contributed by atoms with Crippen molar-refractivity contribution in [2.75, 3.05) is 6.54 Å². The lowest BCUT2D eigenvalue weighted by molar-refractivity contribution is -0.384. The average molecular weight is 238 g/mol. The van der Waals surface area contributed by atoms with Crippen molar-refractivity contribution in [3.05, 3.63) is 39.4 Å². The van der Waals surface area contributed by atoms with Gasteiger partial charge in [0.15, 0.2) is 0 Å². The van der Waals surface area contributed by atoms with E-state index in [1.165, 1.54) is 12.1 Å². The lowest BCUT2D eigenvalue weighted by Crippen LogP contribution is -2.29. The quantitative estimate of drug-likeness (QED) is 0.593. The number of aliphatic carboxylic acids is 1. The maximum Gasteiger partial charge on any atom is 0.322 e. The summed E-state index contributed by atoms with van der Waals surface area (Å²) in [6.07, 6.45) is 0. The Hall–Kier alpha value is -2.44. The average Bonchev–Trinajstić information content (AvgIpc) is 2.24. The standard InChI is InChI=1S/C10H10N2O5/c1-6-2-7(4-8(3-6)12(16)17)10(15)11-5-9(13)14/h2-4H,5H2,1H3,(H,11,15)(H,13,14). The Kier molecular flexibility index (Phi) is 3.76. The van der Waals surface area contributed by atoms with Crippen LogP contribution in [-0.2, 0) is 4.79 Å². The van der Waals surface area contributed by atoms with Crippen molar-refractivity contribution in [1.82, 2.24) is 5.32 Å². The van der Waals surface area contributed by atoms with E-state index in [1.807, 2.05) is 0 Å². The molecule has 1 aromatic rings. The van der Waals surface area contributed by atoms with Gasteiger partial charge in [-0.25, -0.2) is 0 Å². The third-order valence-corrected chi connectivity index (χ3v) is 1.94. The molecule has 7 heteroatoms.